The number of benzene rings is 1. The summed E-state index contributed by atoms with van der Waals surface area (Å²) in [6.45, 7) is 2.40. The van der Waals surface area contributed by atoms with Gasteiger partial charge in [0.25, 0.3) is 5.91 Å². The standard InChI is InChI=1S/C15H16N2O4/c1-3-21-12-5-4-11(9-13(12)20-2)17-15(19)10-6-7-16-14(18)8-10/h4-9H,3H2,1-2H3,(H,16,18)(H,17,19). The van der Waals surface area contributed by atoms with E-state index in [-0.39, 0.29) is 17.0 Å². The number of hydrogen-bond acceptors (Lipinski definition) is 4. The molecule has 2 aromatic rings. The summed E-state index contributed by atoms with van der Waals surface area (Å²) in [4.78, 5) is 25.7. The zero-order valence-electron chi connectivity index (χ0n) is 11.8. The minimum atomic E-state index is -0.368. The van der Waals surface area contributed by atoms with Crippen molar-refractivity contribution in [1.29, 1.82) is 0 Å². The molecule has 0 saturated carbocycles. The Morgan fingerprint density at radius 2 is 2.05 bits per heavy atom. The molecular formula is C15H16N2O4. The summed E-state index contributed by atoms with van der Waals surface area (Å²) in [7, 11) is 1.53. The zero-order chi connectivity index (χ0) is 15.2. The minimum absolute atomic E-state index is 0.284. The van der Waals surface area contributed by atoms with Gasteiger partial charge in [-0.15, -0.1) is 0 Å². The number of hydrogen-bond donors (Lipinski definition) is 2. The van der Waals surface area contributed by atoms with Crippen molar-refractivity contribution in [2.75, 3.05) is 19.0 Å². The van der Waals surface area contributed by atoms with Gasteiger partial charge in [-0.1, -0.05) is 0 Å². The van der Waals surface area contributed by atoms with Gasteiger partial charge in [-0.2, -0.15) is 0 Å². The Bertz CT molecular complexity index is 694. The lowest BCUT2D eigenvalue weighted by atomic mass is 10.2. The summed E-state index contributed by atoms with van der Waals surface area (Å²) in [6.07, 6.45) is 1.43. The van der Waals surface area contributed by atoms with Gasteiger partial charge in [-0.25, -0.2) is 0 Å². The van der Waals surface area contributed by atoms with Gasteiger partial charge >= 0.3 is 0 Å². The smallest absolute Gasteiger partial charge is 0.255 e. The van der Waals surface area contributed by atoms with E-state index in [1.165, 1.54) is 25.4 Å². The van der Waals surface area contributed by atoms with E-state index in [9.17, 15) is 9.59 Å². The van der Waals surface area contributed by atoms with E-state index in [0.717, 1.165) is 0 Å². The van der Waals surface area contributed by atoms with Crippen molar-refractivity contribution in [2.45, 2.75) is 6.92 Å². The fourth-order valence-corrected chi connectivity index (χ4v) is 1.81. The average Bonchev–Trinajstić information content (AvgIpc) is 2.49. The number of aromatic nitrogens is 1. The van der Waals surface area contributed by atoms with Crippen molar-refractivity contribution in [3.05, 3.63) is 52.4 Å². The molecule has 0 fully saturated rings. The number of rotatable bonds is 5. The summed E-state index contributed by atoms with van der Waals surface area (Å²) in [5.41, 5.74) is 0.513. The fourth-order valence-electron chi connectivity index (χ4n) is 1.81. The van der Waals surface area contributed by atoms with Gasteiger partial charge < -0.3 is 19.8 Å². The molecule has 0 unspecified atom stereocenters. The molecule has 0 saturated heterocycles. The molecule has 0 spiro atoms. The summed E-state index contributed by atoms with van der Waals surface area (Å²) >= 11 is 0. The van der Waals surface area contributed by atoms with Gasteiger partial charge in [0.1, 0.15) is 0 Å². The van der Waals surface area contributed by atoms with Gasteiger partial charge in [-0.05, 0) is 25.1 Å². The van der Waals surface area contributed by atoms with E-state index in [0.29, 0.717) is 23.8 Å². The molecule has 1 heterocycles. The van der Waals surface area contributed by atoms with E-state index < -0.39 is 0 Å². The molecule has 0 aliphatic rings. The van der Waals surface area contributed by atoms with E-state index in [2.05, 4.69) is 10.3 Å². The number of amides is 1. The first-order valence-electron chi connectivity index (χ1n) is 6.45. The van der Waals surface area contributed by atoms with Crippen molar-refractivity contribution >= 4 is 11.6 Å². The Kier molecular flexibility index (Phi) is 4.61. The zero-order valence-corrected chi connectivity index (χ0v) is 11.8. The number of ether oxygens (including phenoxy) is 2. The SMILES string of the molecule is CCOc1ccc(NC(=O)c2cc[nH]c(=O)c2)cc1OC. The van der Waals surface area contributed by atoms with Crippen LogP contribution in [0.4, 0.5) is 5.69 Å². The van der Waals surface area contributed by atoms with E-state index in [4.69, 9.17) is 9.47 Å². The summed E-state index contributed by atoms with van der Waals surface area (Å²) in [5, 5.41) is 2.70. The number of anilines is 1. The van der Waals surface area contributed by atoms with Crippen LogP contribution in [0.3, 0.4) is 0 Å². The lowest BCUT2D eigenvalue weighted by molar-refractivity contribution is 0.102. The highest BCUT2D eigenvalue weighted by Crippen LogP contribution is 2.30. The molecule has 0 bridgehead atoms. The van der Waals surface area contributed by atoms with Crippen LogP contribution in [0.15, 0.2) is 41.3 Å². The van der Waals surface area contributed by atoms with Crippen LogP contribution in [0.25, 0.3) is 0 Å². The van der Waals surface area contributed by atoms with Crippen LogP contribution in [0.2, 0.25) is 0 Å². The summed E-state index contributed by atoms with van der Waals surface area (Å²) in [6, 6.07) is 7.86. The molecule has 0 radical (unpaired) electrons. The van der Waals surface area contributed by atoms with Crippen molar-refractivity contribution < 1.29 is 14.3 Å². The molecule has 1 aromatic heterocycles. The largest absolute Gasteiger partial charge is 0.493 e. The molecule has 110 valence electrons. The highest BCUT2D eigenvalue weighted by Gasteiger charge is 2.09. The molecule has 6 nitrogen and oxygen atoms in total. The number of H-pyrrole nitrogens is 1. The maximum Gasteiger partial charge on any atom is 0.255 e. The average molecular weight is 288 g/mol. The van der Waals surface area contributed by atoms with Gasteiger partial charge in [0.05, 0.1) is 13.7 Å². The van der Waals surface area contributed by atoms with Crippen LogP contribution in [0.5, 0.6) is 11.5 Å². The van der Waals surface area contributed by atoms with Crippen LogP contribution >= 0.6 is 0 Å². The Morgan fingerprint density at radius 3 is 2.71 bits per heavy atom. The first-order valence-corrected chi connectivity index (χ1v) is 6.45. The Morgan fingerprint density at radius 1 is 1.24 bits per heavy atom. The lowest BCUT2D eigenvalue weighted by Crippen LogP contribution is -2.15. The first kappa shape index (κ1) is 14.6. The molecule has 0 aliphatic heterocycles. The monoisotopic (exact) mass is 288 g/mol. The lowest BCUT2D eigenvalue weighted by Gasteiger charge is -2.11. The van der Waals surface area contributed by atoms with Crippen LogP contribution in [0, 0.1) is 0 Å². The highest BCUT2D eigenvalue weighted by molar-refractivity contribution is 6.04. The highest BCUT2D eigenvalue weighted by atomic mass is 16.5. The molecule has 1 aromatic carbocycles. The number of carbonyl (C=O) groups excluding carboxylic acids is 1. The molecule has 1 amide bonds. The predicted octanol–water partition coefficient (Wildman–Crippen LogP) is 2.03. The Hall–Kier alpha value is -2.76. The predicted molar refractivity (Wildman–Crippen MR) is 79.2 cm³/mol. The van der Waals surface area contributed by atoms with Crippen LogP contribution in [0.1, 0.15) is 17.3 Å². The molecule has 21 heavy (non-hydrogen) atoms. The molecule has 6 heteroatoms. The fraction of sp³-hybridized carbons (Fsp3) is 0.200. The number of methoxy groups -OCH3 is 1. The van der Waals surface area contributed by atoms with Gasteiger partial charge in [-0.3, -0.25) is 9.59 Å². The third-order valence-electron chi connectivity index (χ3n) is 2.76. The summed E-state index contributed by atoms with van der Waals surface area (Å²) < 4.78 is 10.6. The normalized spacial score (nSPS) is 10.0. The van der Waals surface area contributed by atoms with Gasteiger partial charge in [0.2, 0.25) is 5.56 Å². The third-order valence-corrected chi connectivity index (χ3v) is 2.76. The number of nitrogens with one attached hydrogen (secondary N) is 2. The maximum absolute atomic E-state index is 12.0. The number of pyridine rings is 1. The van der Waals surface area contributed by atoms with Gasteiger partial charge in [0, 0.05) is 29.6 Å². The van der Waals surface area contributed by atoms with Crippen LogP contribution in [-0.4, -0.2) is 24.6 Å². The van der Waals surface area contributed by atoms with Crippen LogP contribution < -0.4 is 20.3 Å². The van der Waals surface area contributed by atoms with Gasteiger partial charge in [0.15, 0.2) is 11.5 Å². The van der Waals surface area contributed by atoms with Crippen molar-refractivity contribution in [2.24, 2.45) is 0 Å². The maximum atomic E-state index is 12.0. The van der Waals surface area contributed by atoms with Crippen molar-refractivity contribution in [1.82, 2.24) is 4.98 Å². The first-order chi connectivity index (χ1) is 10.1. The van der Waals surface area contributed by atoms with Crippen molar-refractivity contribution in [3.8, 4) is 11.5 Å². The second kappa shape index (κ2) is 6.60. The second-order valence-electron chi connectivity index (χ2n) is 4.19. The quantitative estimate of drug-likeness (QED) is 0.882. The topological polar surface area (TPSA) is 80.4 Å². The third kappa shape index (κ3) is 3.62. The molecular weight excluding hydrogens is 272 g/mol. The van der Waals surface area contributed by atoms with E-state index in [1.54, 1.807) is 18.2 Å². The second-order valence-corrected chi connectivity index (χ2v) is 4.19. The number of carbonyl (C=O) groups is 1. The Labute approximate surface area is 121 Å². The number of aromatic amines is 1. The summed E-state index contributed by atoms with van der Waals surface area (Å²) in [5.74, 6) is 0.766. The molecule has 0 aliphatic carbocycles. The van der Waals surface area contributed by atoms with Crippen molar-refractivity contribution in [3.63, 3.8) is 0 Å². The van der Waals surface area contributed by atoms with E-state index in [1.807, 2.05) is 6.92 Å². The molecule has 0 atom stereocenters. The van der Waals surface area contributed by atoms with E-state index >= 15 is 0 Å². The Balaban J connectivity index is 2.19. The van der Waals surface area contributed by atoms with Crippen LogP contribution in [-0.2, 0) is 0 Å². The minimum Gasteiger partial charge on any atom is -0.493 e. The molecule has 2 N–H and O–H groups in total. The molecule has 2 rings (SSSR count).